The summed E-state index contributed by atoms with van der Waals surface area (Å²) in [4.78, 5) is 12.5. The fraction of sp³-hybridized carbons (Fsp3) is 0.462. The maximum Gasteiger partial charge on any atom is 0.236 e. The van der Waals surface area contributed by atoms with Gasteiger partial charge in [0, 0.05) is 16.6 Å². The molecule has 18 heavy (non-hydrogen) atoms. The number of nitrogens with one attached hydrogen (secondary N) is 1. The monoisotopic (exact) mass is 266 g/mol. The molecule has 98 valence electrons. The standard InChI is InChI=1S/C13H18N2O2S/c1-8-7-11(5-6-12(8)14)18(17)9(2)13(16)15-10-3-4-10/h5-7,9-10H,3-4,14H2,1-2H3,(H,15,16). The Morgan fingerprint density at radius 2 is 2.17 bits per heavy atom. The van der Waals surface area contributed by atoms with E-state index >= 15 is 0 Å². The van der Waals surface area contributed by atoms with Gasteiger partial charge in [-0.15, -0.1) is 0 Å². The Hall–Kier alpha value is -1.36. The van der Waals surface area contributed by atoms with Gasteiger partial charge in [0.05, 0.1) is 10.8 Å². The van der Waals surface area contributed by atoms with Gasteiger partial charge >= 0.3 is 0 Å². The van der Waals surface area contributed by atoms with E-state index in [0.717, 1.165) is 18.4 Å². The zero-order valence-corrected chi connectivity index (χ0v) is 11.4. The summed E-state index contributed by atoms with van der Waals surface area (Å²) in [7, 11) is -1.33. The van der Waals surface area contributed by atoms with Gasteiger partial charge in [-0.05, 0) is 50.5 Å². The van der Waals surface area contributed by atoms with Gasteiger partial charge in [0.25, 0.3) is 0 Å². The zero-order chi connectivity index (χ0) is 13.3. The third-order valence-electron chi connectivity index (χ3n) is 3.09. The van der Waals surface area contributed by atoms with Gasteiger partial charge in [-0.3, -0.25) is 9.00 Å². The molecule has 1 aromatic rings. The van der Waals surface area contributed by atoms with Crippen LogP contribution in [0, 0.1) is 6.92 Å². The second kappa shape index (κ2) is 5.10. The molecule has 0 spiro atoms. The first-order valence-corrected chi connectivity index (χ1v) is 7.27. The number of hydrogen-bond donors (Lipinski definition) is 2. The molecule has 0 saturated heterocycles. The summed E-state index contributed by atoms with van der Waals surface area (Å²) in [5.74, 6) is -0.134. The van der Waals surface area contributed by atoms with Gasteiger partial charge in [0.2, 0.25) is 5.91 Å². The summed E-state index contributed by atoms with van der Waals surface area (Å²) in [6.45, 7) is 3.56. The Morgan fingerprint density at radius 3 is 2.72 bits per heavy atom. The average Bonchev–Trinajstić information content (AvgIpc) is 3.14. The second-order valence-corrected chi connectivity index (χ2v) is 6.51. The summed E-state index contributed by atoms with van der Waals surface area (Å²) in [5.41, 5.74) is 7.28. The number of amides is 1. The molecule has 2 atom stereocenters. The molecule has 0 heterocycles. The molecule has 1 aliphatic carbocycles. The molecule has 5 heteroatoms. The molecule has 0 radical (unpaired) electrons. The number of nitrogens with two attached hydrogens (primary N) is 1. The lowest BCUT2D eigenvalue weighted by atomic mass is 10.2. The van der Waals surface area contributed by atoms with E-state index in [9.17, 15) is 9.00 Å². The van der Waals surface area contributed by atoms with Crippen molar-refractivity contribution in [1.29, 1.82) is 0 Å². The van der Waals surface area contributed by atoms with Crippen molar-refractivity contribution in [3.63, 3.8) is 0 Å². The van der Waals surface area contributed by atoms with Crippen LogP contribution in [0.3, 0.4) is 0 Å². The summed E-state index contributed by atoms with van der Waals surface area (Å²) >= 11 is 0. The van der Waals surface area contributed by atoms with Crippen LogP contribution in [0.2, 0.25) is 0 Å². The molecule has 0 aliphatic heterocycles. The van der Waals surface area contributed by atoms with Crippen molar-refractivity contribution in [2.24, 2.45) is 0 Å². The van der Waals surface area contributed by atoms with E-state index < -0.39 is 16.0 Å². The van der Waals surface area contributed by atoms with E-state index in [0.29, 0.717) is 16.6 Å². The molecule has 1 fully saturated rings. The van der Waals surface area contributed by atoms with Gasteiger partial charge in [-0.1, -0.05) is 0 Å². The number of rotatable bonds is 4. The number of carbonyl (C=O) groups excluding carboxylic acids is 1. The summed E-state index contributed by atoms with van der Waals surface area (Å²) in [6.07, 6.45) is 2.07. The van der Waals surface area contributed by atoms with Crippen molar-refractivity contribution in [2.45, 2.75) is 42.9 Å². The van der Waals surface area contributed by atoms with Crippen molar-refractivity contribution in [1.82, 2.24) is 5.32 Å². The molecule has 1 amide bonds. The minimum Gasteiger partial charge on any atom is -0.399 e. The maximum atomic E-state index is 12.3. The van der Waals surface area contributed by atoms with Gasteiger partial charge < -0.3 is 11.1 Å². The van der Waals surface area contributed by atoms with E-state index in [4.69, 9.17) is 5.73 Å². The number of nitrogen functional groups attached to an aromatic ring is 1. The lowest BCUT2D eigenvalue weighted by Gasteiger charge is -2.12. The van der Waals surface area contributed by atoms with E-state index in [1.165, 1.54) is 0 Å². The number of aryl methyl sites for hydroxylation is 1. The Labute approximate surface area is 109 Å². The largest absolute Gasteiger partial charge is 0.399 e. The maximum absolute atomic E-state index is 12.3. The van der Waals surface area contributed by atoms with Gasteiger partial charge in [0.1, 0.15) is 5.25 Å². The molecule has 1 aliphatic rings. The molecule has 3 N–H and O–H groups in total. The lowest BCUT2D eigenvalue weighted by Crippen LogP contribution is -2.36. The van der Waals surface area contributed by atoms with Crippen molar-refractivity contribution >= 4 is 22.4 Å². The van der Waals surface area contributed by atoms with Gasteiger partial charge in [0.15, 0.2) is 0 Å². The Bertz CT molecular complexity index is 498. The van der Waals surface area contributed by atoms with Crippen LogP contribution in [0.4, 0.5) is 5.69 Å². The van der Waals surface area contributed by atoms with Crippen LogP contribution in [0.5, 0.6) is 0 Å². The highest BCUT2D eigenvalue weighted by atomic mass is 32.2. The normalized spacial score (nSPS) is 18.1. The first-order chi connectivity index (χ1) is 8.49. The smallest absolute Gasteiger partial charge is 0.236 e. The second-order valence-electron chi connectivity index (χ2n) is 4.74. The number of hydrogen-bond acceptors (Lipinski definition) is 3. The number of benzene rings is 1. The van der Waals surface area contributed by atoms with Crippen LogP contribution in [0.15, 0.2) is 23.1 Å². The van der Waals surface area contributed by atoms with Gasteiger partial charge in [-0.2, -0.15) is 0 Å². The quantitative estimate of drug-likeness (QED) is 0.808. The van der Waals surface area contributed by atoms with E-state index in [2.05, 4.69) is 5.32 Å². The fourth-order valence-electron chi connectivity index (χ4n) is 1.62. The molecule has 1 saturated carbocycles. The van der Waals surface area contributed by atoms with E-state index in [-0.39, 0.29) is 5.91 Å². The highest BCUT2D eigenvalue weighted by Gasteiger charge is 2.28. The summed E-state index contributed by atoms with van der Waals surface area (Å²) in [5, 5.41) is 2.34. The van der Waals surface area contributed by atoms with Crippen molar-refractivity contribution in [2.75, 3.05) is 5.73 Å². The van der Waals surface area contributed by atoms with Crippen molar-refractivity contribution in [3.8, 4) is 0 Å². The molecule has 2 rings (SSSR count). The highest BCUT2D eigenvalue weighted by molar-refractivity contribution is 7.86. The first-order valence-electron chi connectivity index (χ1n) is 6.06. The lowest BCUT2D eigenvalue weighted by molar-refractivity contribution is -0.120. The minimum absolute atomic E-state index is 0.134. The van der Waals surface area contributed by atoms with Gasteiger partial charge in [-0.25, -0.2) is 0 Å². The van der Waals surface area contributed by atoms with E-state index in [1.54, 1.807) is 25.1 Å². The van der Waals surface area contributed by atoms with E-state index in [1.807, 2.05) is 6.92 Å². The first kappa shape index (κ1) is 13.1. The molecule has 0 bridgehead atoms. The summed E-state index contributed by atoms with van der Waals surface area (Å²) in [6, 6.07) is 5.53. The predicted molar refractivity (Wildman–Crippen MR) is 72.6 cm³/mol. The van der Waals surface area contributed by atoms with Crippen LogP contribution >= 0.6 is 0 Å². The fourth-order valence-corrected chi connectivity index (χ4v) is 2.79. The number of carbonyl (C=O) groups is 1. The molecule has 2 unspecified atom stereocenters. The van der Waals surface area contributed by atoms with Crippen LogP contribution in [0.1, 0.15) is 25.3 Å². The van der Waals surface area contributed by atoms with Crippen LogP contribution in [-0.4, -0.2) is 21.4 Å². The Balaban J connectivity index is 2.08. The van der Waals surface area contributed by atoms with Crippen molar-refractivity contribution in [3.05, 3.63) is 23.8 Å². The molecule has 1 aromatic carbocycles. The molecular formula is C13H18N2O2S. The minimum atomic E-state index is -1.33. The molecular weight excluding hydrogens is 248 g/mol. The van der Waals surface area contributed by atoms with Crippen LogP contribution < -0.4 is 11.1 Å². The van der Waals surface area contributed by atoms with Crippen molar-refractivity contribution < 1.29 is 9.00 Å². The summed E-state index contributed by atoms with van der Waals surface area (Å²) < 4.78 is 12.3. The Kier molecular flexibility index (Phi) is 3.71. The number of anilines is 1. The molecule has 4 nitrogen and oxygen atoms in total. The predicted octanol–water partition coefficient (Wildman–Crippen LogP) is 1.35. The SMILES string of the molecule is Cc1cc(S(=O)C(C)C(=O)NC2CC2)ccc1N. The highest BCUT2D eigenvalue weighted by Crippen LogP contribution is 2.21. The average molecular weight is 266 g/mol. The third kappa shape index (κ3) is 2.90. The third-order valence-corrected chi connectivity index (χ3v) is 4.66. The topological polar surface area (TPSA) is 72.2 Å². The van der Waals surface area contributed by atoms with Crippen LogP contribution in [0.25, 0.3) is 0 Å². The van der Waals surface area contributed by atoms with Crippen LogP contribution in [-0.2, 0) is 15.6 Å². The Morgan fingerprint density at radius 1 is 1.50 bits per heavy atom. The zero-order valence-electron chi connectivity index (χ0n) is 10.6. The molecule has 0 aromatic heterocycles.